The number of furan rings is 1. The van der Waals surface area contributed by atoms with E-state index in [2.05, 4.69) is 26.6 Å². The Morgan fingerprint density at radius 3 is 2.64 bits per heavy atom. The van der Waals surface area contributed by atoms with Crippen molar-refractivity contribution in [1.29, 1.82) is 0 Å². The Hall–Kier alpha value is -3.18. The van der Waals surface area contributed by atoms with Crippen molar-refractivity contribution in [2.45, 2.75) is 26.2 Å². The lowest BCUT2D eigenvalue weighted by molar-refractivity contribution is 0.221. The van der Waals surface area contributed by atoms with E-state index in [0.29, 0.717) is 18.7 Å². The van der Waals surface area contributed by atoms with Crippen LogP contribution >= 0.6 is 0 Å². The maximum atomic E-state index is 14.1. The topological polar surface area (TPSA) is 34.2 Å². The van der Waals surface area contributed by atoms with Crippen molar-refractivity contribution in [3.63, 3.8) is 0 Å². The van der Waals surface area contributed by atoms with Gasteiger partial charge in [-0.25, -0.2) is 4.39 Å². The summed E-state index contributed by atoms with van der Waals surface area (Å²) < 4.78 is 21.7. The number of hydrogen-bond acceptors (Lipinski definition) is 3. The van der Waals surface area contributed by atoms with E-state index in [4.69, 9.17) is 4.42 Å². The molecule has 0 aliphatic rings. The first-order valence-electron chi connectivity index (χ1n) is 9.29. The van der Waals surface area contributed by atoms with Crippen molar-refractivity contribution in [3.05, 3.63) is 114 Å². The van der Waals surface area contributed by atoms with Gasteiger partial charge < -0.3 is 8.98 Å². The van der Waals surface area contributed by atoms with Gasteiger partial charge in [-0.3, -0.25) is 9.88 Å². The predicted octanol–water partition coefficient (Wildman–Crippen LogP) is 4.87. The Morgan fingerprint density at radius 1 is 0.929 bits per heavy atom. The summed E-state index contributed by atoms with van der Waals surface area (Å²) in [7, 11) is 0. The zero-order valence-corrected chi connectivity index (χ0v) is 15.5. The summed E-state index contributed by atoms with van der Waals surface area (Å²) in [5.41, 5.74) is 2.95. The molecule has 0 aliphatic heterocycles. The predicted molar refractivity (Wildman–Crippen MR) is 106 cm³/mol. The third-order valence-electron chi connectivity index (χ3n) is 4.70. The second-order valence-corrected chi connectivity index (χ2v) is 6.80. The Bertz CT molecular complexity index is 996. The van der Waals surface area contributed by atoms with Crippen LogP contribution in [0.5, 0.6) is 0 Å². The Morgan fingerprint density at radius 2 is 1.86 bits per heavy atom. The molecule has 0 radical (unpaired) electrons. The van der Waals surface area contributed by atoms with Gasteiger partial charge in [0.15, 0.2) is 0 Å². The summed E-state index contributed by atoms with van der Waals surface area (Å²) in [5, 5.41) is 0. The van der Waals surface area contributed by atoms with Crippen LogP contribution in [0.25, 0.3) is 0 Å². The van der Waals surface area contributed by atoms with Gasteiger partial charge in [0.05, 0.1) is 19.4 Å². The summed E-state index contributed by atoms with van der Waals surface area (Å²) in [6, 6.07) is 18.9. The van der Waals surface area contributed by atoms with E-state index >= 15 is 0 Å². The van der Waals surface area contributed by atoms with Crippen molar-refractivity contribution >= 4 is 0 Å². The van der Waals surface area contributed by atoms with E-state index in [9.17, 15) is 4.39 Å². The van der Waals surface area contributed by atoms with Crippen molar-refractivity contribution in [2.75, 3.05) is 0 Å². The maximum Gasteiger partial charge on any atom is 0.128 e. The van der Waals surface area contributed by atoms with Crippen LogP contribution in [0.15, 0.2) is 89.9 Å². The van der Waals surface area contributed by atoms with Crippen LogP contribution in [0.1, 0.15) is 22.6 Å². The molecule has 0 saturated heterocycles. The highest BCUT2D eigenvalue weighted by Crippen LogP contribution is 2.17. The second kappa shape index (κ2) is 8.67. The summed E-state index contributed by atoms with van der Waals surface area (Å²) >= 11 is 0. The van der Waals surface area contributed by atoms with Gasteiger partial charge in [0.1, 0.15) is 11.6 Å². The van der Waals surface area contributed by atoms with Gasteiger partial charge >= 0.3 is 0 Å². The van der Waals surface area contributed by atoms with Gasteiger partial charge in [-0.2, -0.15) is 0 Å². The first-order chi connectivity index (χ1) is 13.8. The lowest BCUT2D eigenvalue weighted by atomic mass is 10.2. The minimum atomic E-state index is -0.176. The largest absolute Gasteiger partial charge is 0.468 e. The summed E-state index contributed by atoms with van der Waals surface area (Å²) in [5.74, 6) is 0.737. The molecule has 28 heavy (non-hydrogen) atoms. The van der Waals surface area contributed by atoms with Gasteiger partial charge in [0.25, 0.3) is 0 Å². The standard InChI is InChI=1S/C23H22FN3O/c24-23-10-2-1-7-20(23)16-27-12-4-8-21(27)17-26(18-22-9-5-13-28-22)15-19-6-3-11-25-14-19/h1-14H,15-18H2. The molecule has 1 aromatic carbocycles. The molecule has 0 saturated carbocycles. The van der Waals surface area contributed by atoms with Crippen molar-refractivity contribution < 1.29 is 8.81 Å². The average molecular weight is 375 g/mol. The Kier molecular flexibility index (Phi) is 5.64. The molecule has 0 bridgehead atoms. The molecule has 4 aromatic rings. The van der Waals surface area contributed by atoms with Crippen molar-refractivity contribution in [1.82, 2.24) is 14.5 Å². The summed E-state index contributed by atoms with van der Waals surface area (Å²) in [6.07, 6.45) is 7.35. The van der Waals surface area contributed by atoms with E-state index in [-0.39, 0.29) is 5.82 Å². The molecule has 0 aliphatic carbocycles. The van der Waals surface area contributed by atoms with E-state index in [0.717, 1.165) is 30.1 Å². The van der Waals surface area contributed by atoms with Crippen LogP contribution in [0, 0.1) is 5.82 Å². The van der Waals surface area contributed by atoms with E-state index < -0.39 is 0 Å². The number of benzene rings is 1. The quantitative estimate of drug-likeness (QED) is 0.441. The monoisotopic (exact) mass is 375 g/mol. The fraction of sp³-hybridized carbons (Fsp3) is 0.174. The normalized spacial score (nSPS) is 11.2. The van der Waals surface area contributed by atoms with Crippen LogP contribution in [-0.2, 0) is 26.2 Å². The minimum absolute atomic E-state index is 0.176. The van der Waals surface area contributed by atoms with Crippen molar-refractivity contribution in [3.8, 4) is 0 Å². The third kappa shape index (κ3) is 4.56. The molecule has 142 valence electrons. The number of halogens is 1. The van der Waals surface area contributed by atoms with Crippen LogP contribution in [-0.4, -0.2) is 14.5 Å². The van der Waals surface area contributed by atoms with Gasteiger partial charge in [0, 0.05) is 42.9 Å². The number of aromatic nitrogens is 2. The molecule has 5 heteroatoms. The van der Waals surface area contributed by atoms with E-state index in [1.165, 1.54) is 6.07 Å². The molecular weight excluding hydrogens is 353 g/mol. The molecule has 0 spiro atoms. The van der Waals surface area contributed by atoms with Crippen LogP contribution in [0.4, 0.5) is 4.39 Å². The zero-order valence-electron chi connectivity index (χ0n) is 15.5. The molecule has 0 atom stereocenters. The molecule has 0 amide bonds. The van der Waals surface area contributed by atoms with E-state index in [1.54, 1.807) is 18.5 Å². The molecule has 4 nitrogen and oxygen atoms in total. The number of rotatable bonds is 8. The highest BCUT2D eigenvalue weighted by Gasteiger charge is 2.13. The molecule has 0 fully saturated rings. The van der Waals surface area contributed by atoms with Gasteiger partial charge in [-0.1, -0.05) is 24.3 Å². The molecule has 3 aromatic heterocycles. The second-order valence-electron chi connectivity index (χ2n) is 6.80. The number of nitrogens with zero attached hydrogens (tertiary/aromatic N) is 3. The highest BCUT2D eigenvalue weighted by molar-refractivity contribution is 5.20. The number of hydrogen-bond donors (Lipinski definition) is 0. The van der Waals surface area contributed by atoms with Crippen molar-refractivity contribution in [2.24, 2.45) is 0 Å². The molecule has 3 heterocycles. The molecule has 0 unspecified atom stereocenters. The first kappa shape index (κ1) is 18.2. The smallest absolute Gasteiger partial charge is 0.128 e. The van der Waals surface area contributed by atoms with Crippen LogP contribution in [0.2, 0.25) is 0 Å². The minimum Gasteiger partial charge on any atom is -0.468 e. The van der Waals surface area contributed by atoms with Gasteiger partial charge in [-0.15, -0.1) is 0 Å². The van der Waals surface area contributed by atoms with Gasteiger partial charge in [-0.05, 0) is 42.0 Å². The SMILES string of the molecule is Fc1ccccc1Cn1cccc1CN(Cc1cccnc1)Cc1ccco1. The Balaban J connectivity index is 1.53. The Labute approximate surface area is 163 Å². The number of pyridine rings is 1. The molecule has 4 rings (SSSR count). The lowest BCUT2D eigenvalue weighted by Crippen LogP contribution is -2.24. The first-order valence-corrected chi connectivity index (χ1v) is 9.29. The lowest BCUT2D eigenvalue weighted by Gasteiger charge is -2.22. The average Bonchev–Trinajstić information content (AvgIpc) is 3.37. The van der Waals surface area contributed by atoms with Crippen LogP contribution in [0.3, 0.4) is 0 Å². The molecular formula is C23H22FN3O. The summed E-state index contributed by atoms with van der Waals surface area (Å²) in [4.78, 5) is 6.51. The van der Waals surface area contributed by atoms with Crippen LogP contribution < -0.4 is 0 Å². The third-order valence-corrected chi connectivity index (χ3v) is 4.70. The summed E-state index contributed by atoms with van der Waals surface area (Å²) in [6.45, 7) is 2.67. The fourth-order valence-corrected chi connectivity index (χ4v) is 3.33. The van der Waals surface area contributed by atoms with E-state index in [1.807, 2.05) is 48.8 Å². The zero-order chi connectivity index (χ0) is 19.2. The van der Waals surface area contributed by atoms with Gasteiger partial charge in [0.2, 0.25) is 0 Å². The maximum absolute atomic E-state index is 14.1. The highest BCUT2D eigenvalue weighted by atomic mass is 19.1. The fourth-order valence-electron chi connectivity index (χ4n) is 3.33. The molecule has 0 N–H and O–H groups in total.